The molecule has 26 heavy (non-hydrogen) atoms. The lowest BCUT2D eigenvalue weighted by Gasteiger charge is -2.27. The van der Waals surface area contributed by atoms with Crippen molar-refractivity contribution in [3.8, 4) is 0 Å². The Hall–Kier alpha value is -1.48. The zero-order valence-corrected chi connectivity index (χ0v) is 16.2. The van der Waals surface area contributed by atoms with Crippen LogP contribution in [-0.4, -0.2) is 51.2 Å². The van der Waals surface area contributed by atoms with Gasteiger partial charge in [-0.25, -0.2) is 21.1 Å². The van der Waals surface area contributed by atoms with Gasteiger partial charge in [-0.15, -0.1) is 0 Å². The molecule has 3 atom stereocenters. The molecule has 1 aromatic carbocycles. The van der Waals surface area contributed by atoms with E-state index in [-0.39, 0.29) is 27.4 Å². The molecule has 2 aliphatic rings. The molecule has 3 rings (SSSR count). The molecule has 1 aromatic rings. The van der Waals surface area contributed by atoms with Crippen LogP contribution in [0.2, 0.25) is 0 Å². The van der Waals surface area contributed by atoms with Crippen molar-refractivity contribution in [2.75, 3.05) is 18.8 Å². The number of aliphatic hydroxyl groups is 1. The average Bonchev–Trinajstić information content (AvgIpc) is 3.13. The van der Waals surface area contributed by atoms with Crippen LogP contribution in [0.4, 0.5) is 0 Å². The minimum absolute atomic E-state index is 0.0280. The molecule has 1 fully saturated rings. The van der Waals surface area contributed by atoms with Gasteiger partial charge in [-0.2, -0.15) is 0 Å². The van der Waals surface area contributed by atoms with Crippen LogP contribution in [0.25, 0.3) is 0 Å². The lowest BCUT2D eigenvalue weighted by molar-refractivity contribution is 0.141. The standard InChI is InChI=1S/C18H23NO5S2/c1-2-25(21,22)19-11-10-14(13-19)17-9-8-16(12-18(17)20)26(23,24)15-6-4-3-5-7-15/h3-9,12,14,17-18,20H,2,10-11,13H2,1H3/t14-,17?,18?/m1/s1. The van der Waals surface area contributed by atoms with Gasteiger partial charge in [0, 0.05) is 19.0 Å². The molecule has 0 bridgehead atoms. The first kappa shape index (κ1) is 19.3. The fourth-order valence-electron chi connectivity index (χ4n) is 3.51. The maximum atomic E-state index is 12.7. The molecule has 0 amide bonds. The number of nitrogens with zero attached hydrogens (tertiary/aromatic N) is 1. The molecule has 142 valence electrons. The Bertz CT molecular complexity index is 920. The van der Waals surface area contributed by atoms with Crippen LogP contribution in [0.5, 0.6) is 0 Å². The third kappa shape index (κ3) is 3.64. The molecule has 1 aliphatic heterocycles. The molecule has 1 N–H and O–H groups in total. The summed E-state index contributed by atoms with van der Waals surface area (Å²) in [6, 6.07) is 8.09. The molecule has 1 aliphatic carbocycles. The second kappa shape index (κ2) is 7.26. The largest absolute Gasteiger partial charge is 0.388 e. The Kier molecular flexibility index (Phi) is 5.39. The van der Waals surface area contributed by atoms with E-state index in [1.54, 1.807) is 31.2 Å². The fourth-order valence-corrected chi connectivity index (χ4v) is 6.04. The number of rotatable bonds is 5. The SMILES string of the molecule is CCS(=O)(=O)N1CC[C@@H](C2C=CC(S(=O)(=O)c3ccccc3)=CC2O)C1. The van der Waals surface area contributed by atoms with Crippen LogP contribution in [0, 0.1) is 11.8 Å². The molecule has 2 unspecified atom stereocenters. The summed E-state index contributed by atoms with van der Waals surface area (Å²) in [5, 5.41) is 10.5. The van der Waals surface area contributed by atoms with Gasteiger partial charge in [0.1, 0.15) is 0 Å². The van der Waals surface area contributed by atoms with Crippen LogP contribution in [0.3, 0.4) is 0 Å². The molecule has 0 spiro atoms. The van der Waals surface area contributed by atoms with Gasteiger partial charge in [0.15, 0.2) is 0 Å². The van der Waals surface area contributed by atoms with Gasteiger partial charge in [0.25, 0.3) is 0 Å². The summed E-state index contributed by atoms with van der Waals surface area (Å²) in [5.41, 5.74) is 0. The van der Waals surface area contributed by atoms with Gasteiger partial charge in [-0.1, -0.05) is 24.3 Å². The highest BCUT2D eigenvalue weighted by Crippen LogP contribution is 2.34. The summed E-state index contributed by atoms with van der Waals surface area (Å²) in [6.07, 6.45) is 4.29. The molecule has 0 aromatic heterocycles. The normalized spacial score (nSPS) is 27.5. The maximum absolute atomic E-state index is 12.7. The smallest absolute Gasteiger partial charge is 0.213 e. The lowest BCUT2D eigenvalue weighted by atomic mass is 9.84. The van der Waals surface area contributed by atoms with Crippen molar-refractivity contribution in [1.29, 1.82) is 0 Å². The van der Waals surface area contributed by atoms with Crippen molar-refractivity contribution in [1.82, 2.24) is 4.31 Å². The van der Waals surface area contributed by atoms with Crippen molar-refractivity contribution in [3.05, 3.63) is 53.5 Å². The first-order valence-electron chi connectivity index (χ1n) is 8.62. The molecular formula is C18H23NO5S2. The molecule has 8 heteroatoms. The molecule has 6 nitrogen and oxygen atoms in total. The van der Waals surface area contributed by atoms with E-state index >= 15 is 0 Å². The summed E-state index contributed by atoms with van der Waals surface area (Å²) in [6.45, 7) is 2.41. The van der Waals surface area contributed by atoms with E-state index in [1.165, 1.54) is 28.6 Å². The second-order valence-corrected chi connectivity index (χ2v) is 10.8. The van der Waals surface area contributed by atoms with E-state index in [9.17, 15) is 21.9 Å². The van der Waals surface area contributed by atoms with Gasteiger partial charge in [-0.05, 0) is 43.5 Å². The minimum atomic E-state index is -3.67. The zero-order chi connectivity index (χ0) is 18.9. The van der Waals surface area contributed by atoms with Gasteiger partial charge in [-0.3, -0.25) is 0 Å². The van der Waals surface area contributed by atoms with Gasteiger partial charge in [0.2, 0.25) is 19.9 Å². The predicted molar refractivity (Wildman–Crippen MR) is 99.5 cm³/mol. The topological polar surface area (TPSA) is 91.8 Å². The van der Waals surface area contributed by atoms with Crippen LogP contribution >= 0.6 is 0 Å². The number of sulfone groups is 1. The first-order chi connectivity index (χ1) is 12.3. The average molecular weight is 398 g/mol. The number of benzene rings is 1. The van der Waals surface area contributed by atoms with E-state index in [4.69, 9.17) is 0 Å². The first-order valence-corrected chi connectivity index (χ1v) is 11.7. The molecule has 1 heterocycles. The Morgan fingerprint density at radius 2 is 1.85 bits per heavy atom. The third-order valence-electron chi connectivity index (χ3n) is 5.07. The predicted octanol–water partition coefficient (Wildman–Crippen LogP) is 1.56. The molecule has 1 saturated heterocycles. The molecule has 0 radical (unpaired) electrons. The van der Waals surface area contributed by atoms with E-state index in [2.05, 4.69) is 0 Å². The number of hydrogen-bond acceptors (Lipinski definition) is 5. The minimum Gasteiger partial charge on any atom is -0.388 e. The summed E-state index contributed by atoms with van der Waals surface area (Å²) in [4.78, 5) is 0.256. The number of aliphatic hydroxyl groups excluding tert-OH is 1. The van der Waals surface area contributed by atoms with Gasteiger partial charge < -0.3 is 5.11 Å². The second-order valence-electron chi connectivity index (χ2n) is 6.62. The Balaban J connectivity index is 1.76. The number of hydrogen-bond donors (Lipinski definition) is 1. The van der Waals surface area contributed by atoms with Crippen molar-refractivity contribution >= 4 is 19.9 Å². The summed E-state index contributed by atoms with van der Waals surface area (Å²) in [5.74, 6) is -0.260. The summed E-state index contributed by atoms with van der Waals surface area (Å²) < 4.78 is 50.8. The Labute approximate surface area is 154 Å². The highest BCUT2D eigenvalue weighted by molar-refractivity contribution is 7.95. The van der Waals surface area contributed by atoms with E-state index in [0.717, 1.165) is 0 Å². The Morgan fingerprint density at radius 3 is 2.46 bits per heavy atom. The summed E-state index contributed by atoms with van der Waals surface area (Å²) in [7, 11) is -6.91. The molecular weight excluding hydrogens is 374 g/mol. The molecule has 0 saturated carbocycles. The van der Waals surface area contributed by atoms with Gasteiger partial charge >= 0.3 is 0 Å². The van der Waals surface area contributed by atoms with Crippen LogP contribution < -0.4 is 0 Å². The van der Waals surface area contributed by atoms with Crippen molar-refractivity contribution < 1.29 is 21.9 Å². The quantitative estimate of drug-likeness (QED) is 0.814. The zero-order valence-electron chi connectivity index (χ0n) is 14.5. The monoisotopic (exact) mass is 397 g/mol. The maximum Gasteiger partial charge on any atom is 0.213 e. The highest BCUT2D eigenvalue weighted by atomic mass is 32.2. The third-order valence-corrected chi connectivity index (χ3v) is 8.70. The van der Waals surface area contributed by atoms with Crippen LogP contribution in [-0.2, 0) is 19.9 Å². The fraction of sp³-hybridized carbons (Fsp3) is 0.444. The van der Waals surface area contributed by atoms with Crippen molar-refractivity contribution in [2.24, 2.45) is 11.8 Å². The van der Waals surface area contributed by atoms with Crippen molar-refractivity contribution in [2.45, 2.75) is 24.3 Å². The van der Waals surface area contributed by atoms with Crippen molar-refractivity contribution in [3.63, 3.8) is 0 Å². The van der Waals surface area contributed by atoms with E-state index < -0.39 is 26.0 Å². The lowest BCUT2D eigenvalue weighted by Crippen LogP contribution is -2.33. The van der Waals surface area contributed by atoms with Gasteiger partial charge in [0.05, 0.1) is 21.7 Å². The number of allylic oxidation sites excluding steroid dienone is 1. The number of sulfonamides is 1. The van der Waals surface area contributed by atoms with E-state index in [0.29, 0.717) is 19.5 Å². The highest BCUT2D eigenvalue weighted by Gasteiger charge is 2.37. The van der Waals surface area contributed by atoms with E-state index in [1.807, 2.05) is 0 Å². The van der Waals surface area contributed by atoms with Crippen LogP contribution in [0.1, 0.15) is 13.3 Å². The van der Waals surface area contributed by atoms with Crippen LogP contribution in [0.15, 0.2) is 58.4 Å². The summed E-state index contributed by atoms with van der Waals surface area (Å²) >= 11 is 0. The Morgan fingerprint density at radius 1 is 1.15 bits per heavy atom.